The van der Waals surface area contributed by atoms with Gasteiger partial charge in [-0.05, 0) is 12.8 Å². The first-order valence-electron chi connectivity index (χ1n) is 6.36. The average Bonchev–Trinajstić information content (AvgIpc) is 2.34. The van der Waals surface area contributed by atoms with Crippen LogP contribution in [-0.2, 0) is 14.4 Å². The van der Waals surface area contributed by atoms with E-state index in [2.05, 4.69) is 25.4 Å². The number of rotatable bonds is 9. The first-order chi connectivity index (χ1) is 8.93. The molecule has 3 N–H and O–H groups in total. The summed E-state index contributed by atoms with van der Waals surface area (Å²) in [5, 5.41) is 0. The third-order valence-electron chi connectivity index (χ3n) is 2.68. The van der Waals surface area contributed by atoms with Crippen LogP contribution in [0.2, 0.25) is 0 Å². The molecule has 0 aromatic carbocycles. The summed E-state index contributed by atoms with van der Waals surface area (Å²) in [6, 6.07) is -0.122. The van der Waals surface area contributed by atoms with E-state index in [0.29, 0.717) is 18.7 Å². The van der Waals surface area contributed by atoms with Gasteiger partial charge < -0.3 is 15.4 Å². The van der Waals surface area contributed by atoms with Crippen LogP contribution in [0, 0.1) is 5.92 Å². The summed E-state index contributed by atoms with van der Waals surface area (Å²) in [7, 11) is 1.71. The number of nitrogens with one attached hydrogen (secondary N) is 1. The van der Waals surface area contributed by atoms with Crippen molar-refractivity contribution in [2.24, 2.45) is 11.7 Å². The Morgan fingerprint density at radius 2 is 2.11 bits per heavy atom. The molecule has 0 aliphatic carbocycles. The van der Waals surface area contributed by atoms with Gasteiger partial charge in [-0.15, -0.1) is 0 Å². The number of hydrogen-bond donors (Lipinski definition) is 2. The van der Waals surface area contributed by atoms with Gasteiger partial charge in [0.1, 0.15) is 19.4 Å². The molecule has 0 unspecified atom stereocenters. The molecule has 19 heavy (non-hydrogen) atoms. The maximum absolute atomic E-state index is 11.9. The maximum atomic E-state index is 11.9. The number of nitrogens with two attached hydrogens (primary N) is 1. The van der Waals surface area contributed by atoms with Gasteiger partial charge in [0.15, 0.2) is 0 Å². The highest BCUT2D eigenvalue weighted by Gasteiger charge is 2.19. The SMILES string of the molecule is C/C(=C/C(C)C)[C@@H](CN)N(C)C(=O)CNOCC=O. The van der Waals surface area contributed by atoms with Crippen LogP contribution in [0.1, 0.15) is 20.8 Å². The highest BCUT2D eigenvalue weighted by atomic mass is 16.6. The summed E-state index contributed by atoms with van der Waals surface area (Å²) in [5.74, 6) is 0.268. The van der Waals surface area contributed by atoms with Crippen molar-refractivity contribution in [2.75, 3.05) is 26.7 Å². The van der Waals surface area contributed by atoms with Gasteiger partial charge in [0, 0.05) is 13.6 Å². The summed E-state index contributed by atoms with van der Waals surface area (Å²) >= 11 is 0. The molecule has 1 atom stereocenters. The number of carbonyl (C=O) groups excluding carboxylic acids is 2. The Balaban J connectivity index is 4.44. The Kier molecular flexibility index (Phi) is 9.03. The Morgan fingerprint density at radius 1 is 1.47 bits per heavy atom. The van der Waals surface area contributed by atoms with Gasteiger partial charge in [-0.3, -0.25) is 9.63 Å². The lowest BCUT2D eigenvalue weighted by Gasteiger charge is -2.28. The van der Waals surface area contributed by atoms with E-state index in [0.717, 1.165) is 5.57 Å². The molecule has 0 aromatic heterocycles. The lowest BCUT2D eigenvalue weighted by molar-refractivity contribution is -0.134. The Bertz CT molecular complexity index is 316. The van der Waals surface area contributed by atoms with Gasteiger partial charge in [0.25, 0.3) is 0 Å². The lowest BCUT2D eigenvalue weighted by Crippen LogP contribution is -2.46. The summed E-state index contributed by atoms with van der Waals surface area (Å²) in [5.41, 5.74) is 9.25. The molecule has 0 saturated carbocycles. The van der Waals surface area contributed by atoms with Gasteiger partial charge in [0.2, 0.25) is 5.91 Å². The van der Waals surface area contributed by atoms with Crippen LogP contribution in [0.25, 0.3) is 0 Å². The second kappa shape index (κ2) is 9.66. The molecule has 0 spiro atoms. The van der Waals surface area contributed by atoms with E-state index in [1.807, 2.05) is 6.92 Å². The smallest absolute Gasteiger partial charge is 0.239 e. The second-order valence-electron chi connectivity index (χ2n) is 4.71. The summed E-state index contributed by atoms with van der Waals surface area (Å²) in [6.45, 7) is 6.42. The summed E-state index contributed by atoms with van der Waals surface area (Å²) in [6.07, 6.45) is 2.71. The lowest BCUT2D eigenvalue weighted by atomic mass is 10.0. The molecule has 1 amide bonds. The molecule has 110 valence electrons. The third-order valence-corrected chi connectivity index (χ3v) is 2.68. The Hall–Kier alpha value is -1.24. The number of likely N-dealkylation sites (N-methyl/N-ethyl adjacent to an activating group) is 1. The number of hydrogen-bond acceptors (Lipinski definition) is 5. The zero-order valence-electron chi connectivity index (χ0n) is 12.2. The molecule has 0 bridgehead atoms. The largest absolute Gasteiger partial charge is 0.337 e. The number of hydroxylamine groups is 1. The minimum Gasteiger partial charge on any atom is -0.337 e. The quantitative estimate of drug-likeness (QED) is 0.269. The second-order valence-corrected chi connectivity index (χ2v) is 4.71. The van der Waals surface area contributed by atoms with Crippen molar-refractivity contribution in [1.29, 1.82) is 0 Å². The van der Waals surface area contributed by atoms with E-state index < -0.39 is 0 Å². The molecule has 6 heteroatoms. The van der Waals surface area contributed by atoms with Gasteiger partial charge in [-0.2, -0.15) is 5.48 Å². The highest BCUT2D eigenvalue weighted by Crippen LogP contribution is 2.11. The number of allylic oxidation sites excluding steroid dienone is 1. The maximum Gasteiger partial charge on any atom is 0.239 e. The van der Waals surface area contributed by atoms with Crippen LogP contribution in [0.4, 0.5) is 0 Å². The van der Waals surface area contributed by atoms with Crippen molar-refractivity contribution in [1.82, 2.24) is 10.4 Å². The molecular formula is C13H25N3O3. The molecule has 0 rings (SSSR count). The zero-order chi connectivity index (χ0) is 14.8. The van der Waals surface area contributed by atoms with E-state index in [1.165, 1.54) is 0 Å². The van der Waals surface area contributed by atoms with Crippen LogP contribution in [0.5, 0.6) is 0 Å². The highest BCUT2D eigenvalue weighted by molar-refractivity contribution is 5.78. The number of nitrogens with zero attached hydrogens (tertiary/aromatic N) is 1. The van der Waals surface area contributed by atoms with Crippen molar-refractivity contribution in [2.45, 2.75) is 26.8 Å². The molecule has 0 saturated heterocycles. The van der Waals surface area contributed by atoms with E-state index >= 15 is 0 Å². The van der Waals surface area contributed by atoms with Crippen LogP contribution in [-0.4, -0.2) is 49.9 Å². The van der Waals surface area contributed by atoms with Gasteiger partial charge in [-0.25, -0.2) is 0 Å². The fourth-order valence-corrected chi connectivity index (χ4v) is 1.79. The molecule has 0 aromatic rings. The minimum atomic E-state index is -0.141. The fraction of sp³-hybridized carbons (Fsp3) is 0.692. The molecule has 0 aliphatic heterocycles. The summed E-state index contributed by atoms with van der Waals surface area (Å²) < 4.78 is 0. The molecule has 0 heterocycles. The first kappa shape index (κ1) is 17.8. The van der Waals surface area contributed by atoms with E-state index in [1.54, 1.807) is 11.9 Å². The van der Waals surface area contributed by atoms with Crippen molar-refractivity contribution in [3.8, 4) is 0 Å². The zero-order valence-corrected chi connectivity index (χ0v) is 12.2. The topological polar surface area (TPSA) is 84.7 Å². The van der Waals surface area contributed by atoms with Gasteiger partial charge in [0.05, 0.1) is 6.04 Å². The molecule has 6 nitrogen and oxygen atoms in total. The van der Waals surface area contributed by atoms with E-state index in [9.17, 15) is 9.59 Å². The van der Waals surface area contributed by atoms with Crippen LogP contribution in [0.3, 0.4) is 0 Å². The van der Waals surface area contributed by atoms with Gasteiger partial charge in [-0.1, -0.05) is 25.5 Å². The van der Waals surface area contributed by atoms with Crippen LogP contribution >= 0.6 is 0 Å². The third kappa shape index (κ3) is 7.05. The minimum absolute atomic E-state index is 0.00972. The van der Waals surface area contributed by atoms with Crippen molar-refractivity contribution in [3.63, 3.8) is 0 Å². The fourth-order valence-electron chi connectivity index (χ4n) is 1.79. The van der Waals surface area contributed by atoms with Crippen LogP contribution in [0.15, 0.2) is 11.6 Å². The van der Waals surface area contributed by atoms with E-state index in [-0.39, 0.29) is 25.1 Å². The predicted octanol–water partition coefficient (Wildman–Crippen LogP) is 0.0945. The molecule has 0 aliphatic rings. The number of aldehydes is 1. The van der Waals surface area contributed by atoms with Crippen molar-refractivity contribution >= 4 is 12.2 Å². The Morgan fingerprint density at radius 3 is 2.58 bits per heavy atom. The molecule has 0 radical (unpaired) electrons. The van der Waals surface area contributed by atoms with Gasteiger partial charge >= 0.3 is 0 Å². The number of carbonyl (C=O) groups is 2. The molecule has 0 fully saturated rings. The predicted molar refractivity (Wildman–Crippen MR) is 74.2 cm³/mol. The van der Waals surface area contributed by atoms with E-state index in [4.69, 9.17) is 10.6 Å². The average molecular weight is 271 g/mol. The monoisotopic (exact) mass is 271 g/mol. The van der Waals surface area contributed by atoms with Crippen molar-refractivity contribution in [3.05, 3.63) is 11.6 Å². The van der Waals surface area contributed by atoms with Crippen molar-refractivity contribution < 1.29 is 14.4 Å². The molecular weight excluding hydrogens is 246 g/mol. The summed E-state index contributed by atoms with van der Waals surface area (Å²) in [4.78, 5) is 28.3. The van der Waals surface area contributed by atoms with Crippen LogP contribution < -0.4 is 11.2 Å². The first-order valence-corrected chi connectivity index (χ1v) is 6.36. The standard InChI is InChI=1S/C13H25N3O3/c1-10(2)7-11(3)12(8-14)16(4)13(18)9-15-19-6-5-17/h5,7,10,12,15H,6,8-9,14H2,1-4H3/b11-7-/t12-/m1/s1. The normalized spacial score (nSPS) is 13.5. The Labute approximate surface area is 114 Å². The number of amides is 1.